The van der Waals surface area contributed by atoms with Crippen molar-refractivity contribution in [1.29, 1.82) is 0 Å². The number of carbonyl (C=O) groups is 1. The van der Waals surface area contributed by atoms with Crippen molar-refractivity contribution in [3.05, 3.63) is 40.5 Å². The number of imidazole rings is 1. The molecule has 0 radical (unpaired) electrons. The average molecular weight is 432 g/mol. The van der Waals surface area contributed by atoms with Crippen LogP contribution in [-0.2, 0) is 17.8 Å². The Morgan fingerprint density at radius 3 is 2.81 bits per heavy atom. The molecule has 0 saturated heterocycles. The summed E-state index contributed by atoms with van der Waals surface area (Å²) in [6.45, 7) is 8.73. The van der Waals surface area contributed by atoms with Crippen LogP contribution in [-0.4, -0.2) is 42.2 Å². The van der Waals surface area contributed by atoms with E-state index in [2.05, 4.69) is 33.9 Å². The Morgan fingerprint density at radius 1 is 1.30 bits per heavy atom. The highest BCUT2D eigenvalue weighted by Gasteiger charge is 2.27. The van der Waals surface area contributed by atoms with E-state index in [1.807, 2.05) is 42.3 Å². The fraction of sp³-hybridized carbons (Fsp3) is 0.421. The topological polar surface area (TPSA) is 65.2 Å². The maximum absolute atomic E-state index is 12.4. The van der Waals surface area contributed by atoms with Crippen LogP contribution in [0.25, 0.3) is 16.9 Å². The van der Waals surface area contributed by atoms with Crippen molar-refractivity contribution in [2.75, 3.05) is 6.54 Å². The Hall–Kier alpha value is -2.35. The van der Waals surface area contributed by atoms with E-state index in [-0.39, 0.29) is 6.09 Å². The molecule has 3 aromatic heterocycles. The van der Waals surface area contributed by atoms with Crippen molar-refractivity contribution >= 4 is 33.1 Å². The number of pyridine rings is 1. The van der Waals surface area contributed by atoms with Crippen LogP contribution in [0.3, 0.4) is 0 Å². The third kappa shape index (κ3) is 3.45. The molecule has 0 aliphatic carbocycles. The molecule has 4 rings (SSSR count). The van der Waals surface area contributed by atoms with Crippen molar-refractivity contribution in [1.82, 2.24) is 24.0 Å². The van der Waals surface area contributed by atoms with Gasteiger partial charge >= 0.3 is 6.09 Å². The van der Waals surface area contributed by atoms with E-state index in [0.29, 0.717) is 19.6 Å². The lowest BCUT2D eigenvalue weighted by molar-refractivity contribution is 0.0162. The number of rotatable bonds is 1. The summed E-state index contributed by atoms with van der Waals surface area (Å²) in [4.78, 5) is 23.4. The van der Waals surface area contributed by atoms with Gasteiger partial charge in [-0.25, -0.2) is 14.8 Å². The zero-order chi connectivity index (χ0) is 19.3. The first kappa shape index (κ1) is 18.0. The van der Waals surface area contributed by atoms with Gasteiger partial charge in [-0.15, -0.1) is 0 Å². The maximum atomic E-state index is 12.4. The second-order valence-electron chi connectivity index (χ2n) is 7.83. The molecule has 0 spiro atoms. The van der Waals surface area contributed by atoms with Gasteiger partial charge in [-0.1, -0.05) is 0 Å². The summed E-state index contributed by atoms with van der Waals surface area (Å²) >= 11 is 3.48. The molecule has 1 aliphatic heterocycles. The minimum atomic E-state index is -0.501. The van der Waals surface area contributed by atoms with Crippen molar-refractivity contribution in [3.63, 3.8) is 0 Å². The summed E-state index contributed by atoms with van der Waals surface area (Å²) in [7, 11) is 0. The molecule has 0 fully saturated rings. The third-order valence-corrected chi connectivity index (χ3v) is 4.92. The number of carbonyl (C=O) groups excluding carboxylic acids is 1. The van der Waals surface area contributed by atoms with Crippen LogP contribution in [0, 0.1) is 6.92 Å². The van der Waals surface area contributed by atoms with Crippen LogP contribution in [0.1, 0.15) is 32.2 Å². The summed E-state index contributed by atoms with van der Waals surface area (Å²) in [5.41, 5.74) is 1.51. The average Bonchev–Trinajstić information content (AvgIpc) is 3.14. The molecule has 8 heteroatoms. The van der Waals surface area contributed by atoms with Gasteiger partial charge in [-0.3, -0.25) is 9.47 Å². The highest BCUT2D eigenvalue weighted by molar-refractivity contribution is 9.10. The van der Waals surface area contributed by atoms with E-state index in [1.54, 1.807) is 11.1 Å². The normalized spacial score (nSPS) is 14.5. The molecule has 0 atom stereocenters. The largest absolute Gasteiger partial charge is 0.444 e. The molecule has 0 aromatic carbocycles. The lowest BCUT2D eigenvalue weighted by atomic mass is 10.2. The Balaban J connectivity index is 1.64. The number of ether oxygens (including phenoxy) is 1. The van der Waals surface area contributed by atoms with Gasteiger partial charge < -0.3 is 9.30 Å². The van der Waals surface area contributed by atoms with E-state index >= 15 is 0 Å². The monoisotopic (exact) mass is 431 g/mol. The Morgan fingerprint density at radius 2 is 2.07 bits per heavy atom. The first-order valence-corrected chi connectivity index (χ1v) is 9.68. The van der Waals surface area contributed by atoms with E-state index < -0.39 is 5.60 Å². The smallest absolute Gasteiger partial charge is 0.411 e. The standard InChI is InChI=1S/C19H22BrN5O2/c1-12-9-25(17-14(12)7-13(20)8-21-17)16-10-24-11-23(6-5-15(24)22-16)18(26)27-19(2,3)4/h7-10H,5-6,11H2,1-4H3. The third-order valence-electron chi connectivity index (χ3n) is 4.48. The number of amides is 1. The number of halogens is 1. The maximum Gasteiger partial charge on any atom is 0.411 e. The van der Waals surface area contributed by atoms with Crippen molar-refractivity contribution in [3.8, 4) is 5.82 Å². The molecule has 0 N–H and O–H groups in total. The molecule has 4 heterocycles. The van der Waals surface area contributed by atoms with Crippen molar-refractivity contribution < 1.29 is 9.53 Å². The van der Waals surface area contributed by atoms with Crippen LogP contribution < -0.4 is 0 Å². The fourth-order valence-electron chi connectivity index (χ4n) is 3.26. The second kappa shape index (κ2) is 6.37. The molecule has 27 heavy (non-hydrogen) atoms. The van der Waals surface area contributed by atoms with Crippen LogP contribution in [0.2, 0.25) is 0 Å². The molecule has 142 valence electrons. The first-order valence-electron chi connectivity index (χ1n) is 8.89. The predicted octanol–water partition coefficient (Wildman–Crippen LogP) is 4.04. The van der Waals surface area contributed by atoms with Crippen LogP contribution in [0.4, 0.5) is 4.79 Å². The van der Waals surface area contributed by atoms with E-state index in [0.717, 1.165) is 32.7 Å². The number of fused-ring (bicyclic) bond motifs is 2. The highest BCUT2D eigenvalue weighted by Crippen LogP contribution is 2.26. The second-order valence-corrected chi connectivity index (χ2v) is 8.74. The Labute approximate surface area is 166 Å². The molecule has 0 bridgehead atoms. The van der Waals surface area contributed by atoms with Crippen LogP contribution in [0.5, 0.6) is 0 Å². The summed E-state index contributed by atoms with van der Waals surface area (Å²) in [6.07, 6.45) is 6.20. The van der Waals surface area contributed by atoms with Gasteiger partial charge in [-0.05, 0) is 55.3 Å². The number of hydrogen-bond donors (Lipinski definition) is 0. The molecule has 1 aliphatic rings. The number of hydrogen-bond acceptors (Lipinski definition) is 4. The van der Waals surface area contributed by atoms with Gasteiger partial charge in [0.25, 0.3) is 0 Å². The molecule has 1 amide bonds. The molecule has 0 saturated carbocycles. The SMILES string of the molecule is Cc1cn(-c2cn3c(n2)CCN(C(=O)OC(C)(C)C)C3)c2ncc(Br)cc12. The summed E-state index contributed by atoms with van der Waals surface area (Å²) < 4.78 is 10.4. The summed E-state index contributed by atoms with van der Waals surface area (Å²) in [5, 5.41) is 1.09. The van der Waals surface area contributed by atoms with Crippen molar-refractivity contribution in [2.45, 2.75) is 46.4 Å². The number of aryl methyl sites for hydroxylation is 1. The minimum Gasteiger partial charge on any atom is -0.444 e. The van der Waals surface area contributed by atoms with Crippen molar-refractivity contribution in [2.24, 2.45) is 0 Å². The zero-order valence-electron chi connectivity index (χ0n) is 15.9. The molecular weight excluding hydrogens is 410 g/mol. The van der Waals surface area contributed by atoms with Crippen LogP contribution >= 0.6 is 15.9 Å². The minimum absolute atomic E-state index is 0.294. The summed E-state index contributed by atoms with van der Waals surface area (Å²) in [6, 6.07) is 2.06. The lowest BCUT2D eigenvalue weighted by Crippen LogP contribution is -2.42. The number of aromatic nitrogens is 4. The quantitative estimate of drug-likeness (QED) is 0.582. The van der Waals surface area contributed by atoms with Gasteiger partial charge in [0.1, 0.15) is 23.7 Å². The first-order chi connectivity index (χ1) is 12.7. The van der Waals surface area contributed by atoms with Crippen LogP contribution in [0.15, 0.2) is 29.1 Å². The molecular formula is C19H22BrN5O2. The number of nitrogens with zero attached hydrogens (tertiary/aromatic N) is 5. The predicted molar refractivity (Wildman–Crippen MR) is 106 cm³/mol. The van der Waals surface area contributed by atoms with E-state index in [4.69, 9.17) is 9.72 Å². The van der Waals surface area contributed by atoms with Gasteiger partial charge in [0.05, 0.1) is 6.20 Å². The highest BCUT2D eigenvalue weighted by atomic mass is 79.9. The van der Waals surface area contributed by atoms with Gasteiger partial charge in [0.2, 0.25) is 0 Å². The van der Waals surface area contributed by atoms with E-state index in [1.165, 1.54) is 0 Å². The Kier molecular flexibility index (Phi) is 4.25. The molecule has 3 aromatic rings. The van der Waals surface area contributed by atoms with Gasteiger partial charge in [0.15, 0.2) is 5.82 Å². The van der Waals surface area contributed by atoms with Gasteiger partial charge in [-0.2, -0.15) is 0 Å². The molecule has 0 unspecified atom stereocenters. The van der Waals surface area contributed by atoms with Gasteiger partial charge in [0, 0.05) is 35.2 Å². The Bertz CT molecular complexity index is 1030. The van der Waals surface area contributed by atoms with E-state index in [9.17, 15) is 4.79 Å². The molecule has 7 nitrogen and oxygen atoms in total. The fourth-order valence-corrected chi connectivity index (χ4v) is 3.59. The summed E-state index contributed by atoms with van der Waals surface area (Å²) in [5.74, 6) is 1.77. The zero-order valence-corrected chi connectivity index (χ0v) is 17.4. The lowest BCUT2D eigenvalue weighted by Gasteiger charge is -2.30.